The van der Waals surface area contributed by atoms with Gasteiger partial charge >= 0.3 is 0 Å². The minimum atomic E-state index is -0.471. The first kappa shape index (κ1) is 22.0. The van der Waals surface area contributed by atoms with E-state index in [1.807, 2.05) is 39.2 Å². The summed E-state index contributed by atoms with van der Waals surface area (Å²) < 4.78 is 13.3. The van der Waals surface area contributed by atoms with E-state index in [0.29, 0.717) is 35.5 Å². The van der Waals surface area contributed by atoms with E-state index >= 15 is 0 Å². The van der Waals surface area contributed by atoms with Gasteiger partial charge in [0.2, 0.25) is 11.8 Å². The topological polar surface area (TPSA) is 134 Å². The average molecular weight is 440 g/mol. The van der Waals surface area contributed by atoms with Crippen molar-refractivity contribution in [2.24, 2.45) is 10.8 Å². The molecule has 10 heteroatoms. The molecule has 32 heavy (non-hydrogen) atoms. The Balaban J connectivity index is 1.62. The molecule has 1 aliphatic rings. The molecule has 0 radical (unpaired) electrons. The standard InChI is InChI=1S/C22H29N7O3/c1-12(11-31-6)29-14(8-23)7-13-9-24-20(27-16(13)29)26-15-10-25-28-17(15)32-19-21(2,3)18(30)22(19,4)5/h7,9-10,12,18-19,30H,11H2,1-6H3,(H,25,28)(H,24,26,27)/t12-,18?,19?/m0/s1. The monoisotopic (exact) mass is 439 g/mol. The number of aliphatic hydroxyl groups is 1. The summed E-state index contributed by atoms with van der Waals surface area (Å²) in [7, 11) is 1.63. The highest BCUT2D eigenvalue weighted by molar-refractivity contribution is 5.79. The molecule has 3 N–H and O–H groups in total. The summed E-state index contributed by atoms with van der Waals surface area (Å²) in [6.07, 6.45) is 2.60. The SMILES string of the molecule is COC[C@H](C)n1c(C#N)cc2cnc(Nc3cn[nH]c3OC3C(C)(C)C(O)C3(C)C)nc21. The molecule has 4 rings (SSSR count). The van der Waals surface area contributed by atoms with Crippen LogP contribution in [-0.4, -0.2) is 55.8 Å². The zero-order valence-electron chi connectivity index (χ0n) is 19.2. The van der Waals surface area contributed by atoms with Gasteiger partial charge in [0, 0.05) is 29.5 Å². The summed E-state index contributed by atoms with van der Waals surface area (Å²) in [5.41, 5.74) is 0.928. The van der Waals surface area contributed by atoms with E-state index < -0.39 is 16.9 Å². The van der Waals surface area contributed by atoms with Crippen LogP contribution < -0.4 is 10.1 Å². The van der Waals surface area contributed by atoms with Crippen LogP contribution >= 0.6 is 0 Å². The highest BCUT2D eigenvalue weighted by atomic mass is 16.5. The fourth-order valence-corrected chi connectivity index (χ4v) is 5.02. The molecule has 0 saturated heterocycles. The summed E-state index contributed by atoms with van der Waals surface area (Å²) in [5.74, 6) is 0.803. The van der Waals surface area contributed by atoms with Crippen LogP contribution in [0.4, 0.5) is 11.6 Å². The second kappa shape index (κ2) is 7.76. The van der Waals surface area contributed by atoms with Gasteiger partial charge in [-0.3, -0.25) is 0 Å². The summed E-state index contributed by atoms with van der Waals surface area (Å²) in [5, 5.41) is 30.9. The van der Waals surface area contributed by atoms with Crippen molar-refractivity contribution in [3.05, 3.63) is 24.2 Å². The summed E-state index contributed by atoms with van der Waals surface area (Å²) >= 11 is 0. The van der Waals surface area contributed by atoms with Gasteiger partial charge in [0.1, 0.15) is 29.2 Å². The minimum Gasteiger partial charge on any atom is -0.472 e. The maximum Gasteiger partial charge on any atom is 0.234 e. The molecule has 170 valence electrons. The van der Waals surface area contributed by atoms with Crippen molar-refractivity contribution in [2.75, 3.05) is 19.0 Å². The van der Waals surface area contributed by atoms with E-state index in [2.05, 4.69) is 31.6 Å². The van der Waals surface area contributed by atoms with Gasteiger partial charge in [-0.15, -0.1) is 0 Å². The maximum absolute atomic E-state index is 10.5. The molecular formula is C22H29N7O3. The third-order valence-electron chi connectivity index (χ3n) is 6.39. The Morgan fingerprint density at radius 1 is 1.31 bits per heavy atom. The first-order valence-corrected chi connectivity index (χ1v) is 10.5. The molecule has 3 heterocycles. The van der Waals surface area contributed by atoms with Gasteiger partial charge in [0.05, 0.1) is 24.9 Å². The number of rotatable bonds is 7. The number of nitrogens with one attached hydrogen (secondary N) is 2. The Morgan fingerprint density at radius 2 is 2.03 bits per heavy atom. The first-order chi connectivity index (χ1) is 15.1. The Bertz CT molecular complexity index is 1160. The number of fused-ring (bicyclic) bond motifs is 1. The first-order valence-electron chi connectivity index (χ1n) is 10.5. The number of anilines is 2. The van der Waals surface area contributed by atoms with Gasteiger partial charge < -0.3 is 24.5 Å². The Hall–Kier alpha value is -3.16. The molecule has 0 spiro atoms. The lowest BCUT2D eigenvalue weighted by molar-refractivity contribution is -0.237. The summed E-state index contributed by atoms with van der Waals surface area (Å²) in [6, 6.07) is 3.91. The molecule has 10 nitrogen and oxygen atoms in total. The Labute approximate surface area is 186 Å². The molecule has 0 bridgehead atoms. The number of hydrogen-bond donors (Lipinski definition) is 3. The molecular weight excluding hydrogens is 410 g/mol. The number of H-pyrrole nitrogens is 1. The lowest BCUT2D eigenvalue weighted by Crippen LogP contribution is -2.69. The van der Waals surface area contributed by atoms with Gasteiger partial charge in [0.25, 0.3) is 0 Å². The highest BCUT2D eigenvalue weighted by Crippen LogP contribution is 2.55. The van der Waals surface area contributed by atoms with Crippen LogP contribution in [0.5, 0.6) is 5.88 Å². The predicted octanol–water partition coefficient (Wildman–Crippen LogP) is 3.15. The number of ether oxygens (including phenoxy) is 2. The number of aromatic nitrogens is 5. The third kappa shape index (κ3) is 3.38. The van der Waals surface area contributed by atoms with Crippen LogP contribution in [0.1, 0.15) is 46.4 Å². The summed E-state index contributed by atoms with van der Waals surface area (Å²) in [4.78, 5) is 9.03. The van der Waals surface area contributed by atoms with Crippen molar-refractivity contribution in [1.82, 2.24) is 24.7 Å². The molecule has 1 fully saturated rings. The number of nitrogens with zero attached hydrogens (tertiary/aromatic N) is 5. The second-order valence-corrected chi connectivity index (χ2v) is 9.57. The molecule has 1 aliphatic carbocycles. The molecule has 0 aromatic carbocycles. The third-order valence-corrected chi connectivity index (χ3v) is 6.39. The van der Waals surface area contributed by atoms with Crippen molar-refractivity contribution in [1.29, 1.82) is 5.26 Å². The van der Waals surface area contributed by atoms with Crippen molar-refractivity contribution >= 4 is 22.7 Å². The number of aliphatic hydroxyl groups excluding tert-OH is 1. The van der Waals surface area contributed by atoms with Crippen molar-refractivity contribution in [3.63, 3.8) is 0 Å². The van der Waals surface area contributed by atoms with Gasteiger partial charge in [0.15, 0.2) is 0 Å². The molecule has 3 aromatic rings. The number of hydrogen-bond acceptors (Lipinski definition) is 8. The Morgan fingerprint density at radius 3 is 2.69 bits per heavy atom. The van der Waals surface area contributed by atoms with Crippen LogP contribution in [0.2, 0.25) is 0 Å². The zero-order valence-corrected chi connectivity index (χ0v) is 19.2. The highest BCUT2D eigenvalue weighted by Gasteiger charge is 2.63. The summed E-state index contributed by atoms with van der Waals surface area (Å²) in [6.45, 7) is 10.3. The number of methoxy groups -OCH3 is 1. The van der Waals surface area contributed by atoms with Crippen LogP contribution in [0.25, 0.3) is 11.0 Å². The molecule has 1 saturated carbocycles. The van der Waals surface area contributed by atoms with Gasteiger partial charge in [-0.05, 0) is 13.0 Å². The fraction of sp³-hybridized carbons (Fsp3) is 0.545. The van der Waals surface area contributed by atoms with Crippen molar-refractivity contribution in [2.45, 2.75) is 52.9 Å². The van der Waals surface area contributed by atoms with E-state index in [-0.39, 0.29) is 12.1 Å². The molecule has 1 atom stereocenters. The smallest absolute Gasteiger partial charge is 0.234 e. The van der Waals surface area contributed by atoms with Gasteiger partial charge in [-0.1, -0.05) is 27.7 Å². The van der Waals surface area contributed by atoms with Crippen LogP contribution in [0, 0.1) is 22.2 Å². The van der Waals surface area contributed by atoms with E-state index in [1.165, 1.54) is 0 Å². The van der Waals surface area contributed by atoms with E-state index in [0.717, 1.165) is 5.39 Å². The minimum absolute atomic E-state index is 0.0720. The normalized spacial score (nSPS) is 22.2. The molecule has 3 aromatic heterocycles. The largest absolute Gasteiger partial charge is 0.472 e. The molecule has 0 unspecified atom stereocenters. The molecule has 0 amide bonds. The molecule has 0 aliphatic heterocycles. The zero-order chi connectivity index (χ0) is 23.3. The maximum atomic E-state index is 10.5. The quantitative estimate of drug-likeness (QED) is 0.511. The number of nitriles is 1. The van der Waals surface area contributed by atoms with E-state index in [1.54, 1.807) is 25.6 Å². The van der Waals surface area contributed by atoms with Crippen molar-refractivity contribution in [3.8, 4) is 11.9 Å². The van der Waals surface area contributed by atoms with Crippen LogP contribution in [-0.2, 0) is 4.74 Å². The Kier molecular flexibility index (Phi) is 5.35. The van der Waals surface area contributed by atoms with E-state index in [9.17, 15) is 10.4 Å². The van der Waals surface area contributed by atoms with Crippen LogP contribution in [0.15, 0.2) is 18.5 Å². The second-order valence-electron chi connectivity index (χ2n) is 9.57. The average Bonchev–Trinajstić information content (AvgIpc) is 3.34. The van der Waals surface area contributed by atoms with Gasteiger partial charge in [-0.25, -0.2) is 10.1 Å². The fourth-order valence-electron chi connectivity index (χ4n) is 5.02. The van der Waals surface area contributed by atoms with Gasteiger partial charge in [-0.2, -0.15) is 15.3 Å². The lowest BCUT2D eigenvalue weighted by atomic mass is 9.51. The lowest BCUT2D eigenvalue weighted by Gasteiger charge is -2.60. The number of aromatic amines is 1. The van der Waals surface area contributed by atoms with Crippen molar-refractivity contribution < 1.29 is 14.6 Å². The van der Waals surface area contributed by atoms with Crippen LogP contribution in [0.3, 0.4) is 0 Å². The van der Waals surface area contributed by atoms with E-state index in [4.69, 9.17) is 9.47 Å². The predicted molar refractivity (Wildman–Crippen MR) is 119 cm³/mol.